The van der Waals surface area contributed by atoms with Crippen molar-refractivity contribution in [3.8, 4) is 0 Å². The van der Waals surface area contributed by atoms with Gasteiger partial charge in [-0.15, -0.1) is 0 Å². The predicted octanol–water partition coefficient (Wildman–Crippen LogP) is 4.63. The maximum Gasteiger partial charge on any atom is 0.255 e. The maximum atomic E-state index is 13.0. The first-order chi connectivity index (χ1) is 8.80. The van der Waals surface area contributed by atoms with E-state index in [1.807, 2.05) is 0 Å². The second kappa shape index (κ2) is 5.54. The van der Waals surface area contributed by atoms with Gasteiger partial charge in [0.25, 0.3) is 11.8 Å². The van der Waals surface area contributed by atoms with Gasteiger partial charge in [-0.25, -0.2) is 8.78 Å². The van der Waals surface area contributed by atoms with Crippen LogP contribution in [0.4, 0.5) is 8.78 Å². The van der Waals surface area contributed by atoms with E-state index < -0.39 is 5.92 Å². The Hall–Kier alpha value is -0.390. The molecule has 1 heterocycles. The molecule has 104 valence electrons. The van der Waals surface area contributed by atoms with Gasteiger partial charge in [0.1, 0.15) is 0 Å². The van der Waals surface area contributed by atoms with Crippen LogP contribution in [0.2, 0.25) is 10.0 Å². The SMILES string of the molecule is O=C(c1cc(Cl)c(Br)cc1Cl)N1CCC(F)(F)CC1. The second-order valence-corrected chi connectivity index (χ2v) is 6.06. The summed E-state index contributed by atoms with van der Waals surface area (Å²) in [7, 11) is 0. The summed E-state index contributed by atoms with van der Waals surface area (Å²) in [5.74, 6) is -3.05. The summed E-state index contributed by atoms with van der Waals surface area (Å²) in [5.41, 5.74) is 0.236. The number of halogens is 5. The Balaban J connectivity index is 2.19. The second-order valence-electron chi connectivity index (χ2n) is 4.39. The lowest BCUT2D eigenvalue weighted by molar-refractivity contribution is -0.0494. The molecule has 1 aliphatic rings. The van der Waals surface area contributed by atoms with E-state index in [4.69, 9.17) is 23.2 Å². The molecule has 2 rings (SSSR count). The highest BCUT2D eigenvalue weighted by atomic mass is 79.9. The van der Waals surface area contributed by atoms with Crippen LogP contribution in [0.5, 0.6) is 0 Å². The van der Waals surface area contributed by atoms with Crippen molar-refractivity contribution in [2.45, 2.75) is 18.8 Å². The lowest BCUT2D eigenvalue weighted by atomic mass is 10.1. The number of nitrogens with zero attached hydrogens (tertiary/aromatic N) is 1. The summed E-state index contributed by atoms with van der Waals surface area (Å²) in [4.78, 5) is 13.6. The molecule has 1 aliphatic heterocycles. The van der Waals surface area contributed by atoms with Gasteiger partial charge in [-0.2, -0.15) is 0 Å². The van der Waals surface area contributed by atoms with Crippen LogP contribution in [0.3, 0.4) is 0 Å². The highest BCUT2D eigenvalue weighted by molar-refractivity contribution is 9.10. The van der Waals surface area contributed by atoms with Gasteiger partial charge < -0.3 is 4.90 Å². The Labute approximate surface area is 127 Å². The highest BCUT2D eigenvalue weighted by Gasteiger charge is 2.36. The van der Waals surface area contributed by atoms with Crippen LogP contribution in [-0.4, -0.2) is 29.8 Å². The molecule has 2 nitrogen and oxygen atoms in total. The standard InChI is InChI=1S/C12H10BrCl2F2NO/c13-8-6-9(14)7(5-10(8)15)11(19)18-3-1-12(16,17)2-4-18/h5-6H,1-4H2. The third kappa shape index (κ3) is 3.38. The number of likely N-dealkylation sites (tertiary alicyclic amines) is 1. The largest absolute Gasteiger partial charge is 0.338 e. The summed E-state index contributed by atoms with van der Waals surface area (Å²) >= 11 is 15.1. The molecule has 1 aromatic carbocycles. The number of carbonyl (C=O) groups is 1. The first kappa shape index (κ1) is 15.0. The number of hydrogen-bond donors (Lipinski definition) is 0. The van der Waals surface area contributed by atoms with E-state index in [1.54, 1.807) is 0 Å². The zero-order valence-electron chi connectivity index (χ0n) is 9.73. The van der Waals surface area contributed by atoms with Gasteiger partial charge in [-0.1, -0.05) is 23.2 Å². The van der Waals surface area contributed by atoms with Gasteiger partial charge in [0.2, 0.25) is 0 Å². The smallest absolute Gasteiger partial charge is 0.255 e. The molecule has 0 aliphatic carbocycles. The predicted molar refractivity (Wildman–Crippen MR) is 74.2 cm³/mol. The zero-order chi connectivity index (χ0) is 14.2. The Morgan fingerprint density at radius 2 is 1.79 bits per heavy atom. The molecule has 0 atom stereocenters. The summed E-state index contributed by atoms with van der Waals surface area (Å²) in [6.45, 7) is 0.0473. The minimum atomic E-state index is -2.68. The Bertz CT molecular complexity index is 515. The summed E-state index contributed by atoms with van der Waals surface area (Å²) in [6.07, 6.45) is -0.638. The van der Waals surface area contributed by atoms with Gasteiger partial charge in [-0.05, 0) is 28.1 Å². The Morgan fingerprint density at radius 3 is 2.37 bits per heavy atom. The van der Waals surface area contributed by atoms with Crippen molar-refractivity contribution < 1.29 is 13.6 Å². The van der Waals surface area contributed by atoms with Gasteiger partial charge in [-0.3, -0.25) is 4.79 Å². The van der Waals surface area contributed by atoms with E-state index in [9.17, 15) is 13.6 Å². The maximum absolute atomic E-state index is 13.0. The molecule has 0 radical (unpaired) electrons. The van der Waals surface area contributed by atoms with Crippen molar-refractivity contribution in [1.29, 1.82) is 0 Å². The molecule has 0 spiro atoms. The van der Waals surface area contributed by atoms with E-state index in [0.717, 1.165) is 0 Å². The topological polar surface area (TPSA) is 20.3 Å². The Kier molecular flexibility index (Phi) is 4.38. The van der Waals surface area contributed by atoms with Crippen LogP contribution in [-0.2, 0) is 0 Å². The van der Waals surface area contributed by atoms with Crippen molar-refractivity contribution in [2.24, 2.45) is 0 Å². The zero-order valence-corrected chi connectivity index (χ0v) is 12.8. The quantitative estimate of drug-likeness (QED) is 0.658. The summed E-state index contributed by atoms with van der Waals surface area (Å²) in [6, 6.07) is 2.97. The average Bonchev–Trinajstić information content (AvgIpc) is 2.33. The normalized spacial score (nSPS) is 18.5. The third-order valence-electron chi connectivity index (χ3n) is 3.02. The number of rotatable bonds is 1. The van der Waals surface area contributed by atoms with Gasteiger partial charge in [0.05, 0.1) is 15.6 Å². The third-order valence-corrected chi connectivity index (χ3v) is 4.53. The van der Waals surface area contributed by atoms with Gasteiger partial charge >= 0.3 is 0 Å². The molecule has 0 bridgehead atoms. The lowest BCUT2D eigenvalue weighted by Crippen LogP contribution is -2.42. The monoisotopic (exact) mass is 371 g/mol. The molecule has 0 saturated carbocycles. The van der Waals surface area contributed by atoms with Crippen LogP contribution in [0.15, 0.2) is 16.6 Å². The van der Waals surface area contributed by atoms with Crippen molar-refractivity contribution in [2.75, 3.05) is 13.1 Å². The molecule has 0 aromatic heterocycles. The van der Waals surface area contributed by atoms with Crippen LogP contribution >= 0.6 is 39.1 Å². The van der Waals surface area contributed by atoms with E-state index in [1.165, 1.54) is 17.0 Å². The number of hydrogen-bond acceptors (Lipinski definition) is 1. The molecular formula is C12H10BrCl2F2NO. The molecule has 19 heavy (non-hydrogen) atoms. The van der Waals surface area contributed by atoms with E-state index in [0.29, 0.717) is 9.50 Å². The molecule has 1 fully saturated rings. The lowest BCUT2D eigenvalue weighted by Gasteiger charge is -2.32. The average molecular weight is 373 g/mol. The van der Waals surface area contributed by atoms with Crippen LogP contribution < -0.4 is 0 Å². The van der Waals surface area contributed by atoms with E-state index in [-0.39, 0.29) is 42.4 Å². The number of carbonyl (C=O) groups excluding carboxylic acids is 1. The summed E-state index contributed by atoms with van der Waals surface area (Å²) < 4.78 is 26.7. The molecule has 1 saturated heterocycles. The van der Waals surface area contributed by atoms with Crippen molar-refractivity contribution in [3.05, 3.63) is 32.2 Å². The van der Waals surface area contributed by atoms with Crippen molar-refractivity contribution in [3.63, 3.8) is 0 Å². The van der Waals surface area contributed by atoms with Gasteiger partial charge in [0.15, 0.2) is 0 Å². The number of amides is 1. The van der Waals surface area contributed by atoms with Crippen molar-refractivity contribution in [1.82, 2.24) is 4.90 Å². The van der Waals surface area contributed by atoms with Crippen molar-refractivity contribution >= 4 is 45.0 Å². The fourth-order valence-corrected chi connectivity index (χ4v) is 2.78. The first-order valence-corrected chi connectivity index (χ1v) is 7.17. The number of benzene rings is 1. The number of piperidine rings is 1. The Morgan fingerprint density at radius 1 is 1.21 bits per heavy atom. The van der Waals surface area contributed by atoms with Crippen LogP contribution in [0, 0.1) is 0 Å². The molecular weight excluding hydrogens is 363 g/mol. The van der Waals surface area contributed by atoms with Gasteiger partial charge in [0, 0.05) is 30.4 Å². The van der Waals surface area contributed by atoms with E-state index in [2.05, 4.69) is 15.9 Å². The molecule has 1 aromatic rings. The fraction of sp³-hybridized carbons (Fsp3) is 0.417. The fourth-order valence-electron chi connectivity index (χ4n) is 1.89. The molecule has 7 heteroatoms. The highest BCUT2D eigenvalue weighted by Crippen LogP contribution is 2.32. The van der Waals surface area contributed by atoms with E-state index >= 15 is 0 Å². The minimum Gasteiger partial charge on any atom is -0.338 e. The molecule has 0 unspecified atom stereocenters. The summed E-state index contributed by atoms with van der Waals surface area (Å²) in [5, 5.41) is 0.605. The number of alkyl halides is 2. The van der Waals surface area contributed by atoms with Crippen LogP contribution in [0.1, 0.15) is 23.2 Å². The molecule has 0 N–H and O–H groups in total. The molecule has 1 amide bonds. The van der Waals surface area contributed by atoms with Crippen LogP contribution in [0.25, 0.3) is 0 Å². The minimum absolute atomic E-state index is 0.0237. The first-order valence-electron chi connectivity index (χ1n) is 5.62.